The van der Waals surface area contributed by atoms with Gasteiger partial charge >= 0.3 is 0 Å². The average Bonchev–Trinajstić information content (AvgIpc) is 2.62. The minimum atomic E-state index is -0.226. The number of thiocarbonyl (C=S) groups is 1. The lowest BCUT2D eigenvalue weighted by Gasteiger charge is -2.36. The van der Waals surface area contributed by atoms with Gasteiger partial charge in [-0.25, -0.2) is 14.4 Å². The Kier molecular flexibility index (Phi) is 4.97. The Morgan fingerprint density at radius 2 is 1.74 bits per heavy atom. The van der Waals surface area contributed by atoms with Crippen LogP contribution in [0.2, 0.25) is 0 Å². The molecule has 0 atom stereocenters. The van der Waals surface area contributed by atoms with Crippen LogP contribution in [-0.2, 0) is 6.54 Å². The summed E-state index contributed by atoms with van der Waals surface area (Å²) in [5.41, 5.74) is 1.00. The molecule has 120 valence electrons. The van der Waals surface area contributed by atoms with Gasteiger partial charge in [0, 0.05) is 45.1 Å². The standard InChI is InChI=1S/C16H18FN5S/c17-14-4-2-13(3-5-14)12-20-16(23)22-10-8-21(9-11-22)15-18-6-1-7-19-15/h1-7H,8-12H2,(H,20,23). The lowest BCUT2D eigenvalue weighted by atomic mass is 10.2. The Hall–Kier alpha value is -2.28. The van der Waals surface area contributed by atoms with Crippen molar-refractivity contribution in [2.75, 3.05) is 31.1 Å². The number of anilines is 1. The highest BCUT2D eigenvalue weighted by atomic mass is 32.1. The topological polar surface area (TPSA) is 44.3 Å². The minimum Gasteiger partial charge on any atom is -0.358 e. The molecule has 0 saturated carbocycles. The smallest absolute Gasteiger partial charge is 0.225 e. The van der Waals surface area contributed by atoms with Gasteiger partial charge in [0.1, 0.15) is 5.82 Å². The summed E-state index contributed by atoms with van der Waals surface area (Å²) in [5, 5.41) is 3.95. The molecule has 1 aliphatic rings. The molecule has 23 heavy (non-hydrogen) atoms. The first-order valence-electron chi connectivity index (χ1n) is 7.51. The van der Waals surface area contributed by atoms with Crippen molar-refractivity contribution in [3.05, 3.63) is 54.1 Å². The van der Waals surface area contributed by atoms with Crippen LogP contribution in [0.15, 0.2) is 42.7 Å². The molecule has 1 aromatic heterocycles. The lowest BCUT2D eigenvalue weighted by Crippen LogP contribution is -2.52. The van der Waals surface area contributed by atoms with Crippen LogP contribution in [0.1, 0.15) is 5.56 Å². The summed E-state index contributed by atoms with van der Waals surface area (Å²) in [6.45, 7) is 3.92. The molecule has 2 aromatic rings. The summed E-state index contributed by atoms with van der Waals surface area (Å²) in [7, 11) is 0. The van der Waals surface area contributed by atoms with Crippen LogP contribution >= 0.6 is 12.2 Å². The number of piperazine rings is 1. The fourth-order valence-corrected chi connectivity index (χ4v) is 2.71. The predicted octanol–water partition coefficient (Wildman–Crippen LogP) is 1.81. The molecule has 1 saturated heterocycles. The molecular formula is C16H18FN5S. The van der Waals surface area contributed by atoms with E-state index in [2.05, 4.69) is 25.1 Å². The fourth-order valence-electron chi connectivity index (χ4n) is 2.46. The third-order valence-electron chi connectivity index (χ3n) is 3.76. The van der Waals surface area contributed by atoms with Crippen molar-refractivity contribution in [2.24, 2.45) is 0 Å². The zero-order chi connectivity index (χ0) is 16.1. The predicted molar refractivity (Wildman–Crippen MR) is 91.7 cm³/mol. The second-order valence-electron chi connectivity index (χ2n) is 5.31. The molecule has 0 bridgehead atoms. The molecule has 3 rings (SSSR count). The SMILES string of the molecule is Fc1ccc(CNC(=S)N2CCN(c3ncccn3)CC2)cc1. The number of aromatic nitrogens is 2. The number of nitrogens with one attached hydrogen (secondary N) is 1. The summed E-state index contributed by atoms with van der Waals surface area (Å²) < 4.78 is 12.9. The van der Waals surface area contributed by atoms with Crippen LogP contribution in [-0.4, -0.2) is 46.2 Å². The Morgan fingerprint density at radius 3 is 2.39 bits per heavy atom. The van der Waals surface area contributed by atoms with Crippen LogP contribution in [0.5, 0.6) is 0 Å². The van der Waals surface area contributed by atoms with Crippen molar-refractivity contribution in [1.29, 1.82) is 0 Å². The second kappa shape index (κ2) is 7.32. The summed E-state index contributed by atoms with van der Waals surface area (Å²) in [5.74, 6) is 0.535. The van der Waals surface area contributed by atoms with Crippen molar-refractivity contribution in [1.82, 2.24) is 20.2 Å². The van der Waals surface area contributed by atoms with E-state index in [1.54, 1.807) is 24.5 Å². The van der Waals surface area contributed by atoms with Gasteiger partial charge in [0.2, 0.25) is 5.95 Å². The van der Waals surface area contributed by atoms with Crippen LogP contribution < -0.4 is 10.2 Å². The first-order chi connectivity index (χ1) is 11.2. The lowest BCUT2D eigenvalue weighted by molar-refractivity contribution is 0.377. The van der Waals surface area contributed by atoms with Gasteiger partial charge in [0.25, 0.3) is 0 Å². The van der Waals surface area contributed by atoms with Gasteiger partial charge in [0.05, 0.1) is 0 Å². The van der Waals surface area contributed by atoms with Crippen LogP contribution in [0, 0.1) is 5.82 Å². The third-order valence-corrected chi connectivity index (χ3v) is 4.16. The highest BCUT2D eigenvalue weighted by Crippen LogP contribution is 2.10. The zero-order valence-electron chi connectivity index (χ0n) is 12.7. The summed E-state index contributed by atoms with van der Waals surface area (Å²) >= 11 is 5.45. The van der Waals surface area contributed by atoms with E-state index < -0.39 is 0 Å². The Balaban J connectivity index is 1.47. The molecule has 0 radical (unpaired) electrons. The van der Waals surface area contributed by atoms with E-state index in [-0.39, 0.29) is 5.82 Å². The maximum atomic E-state index is 12.9. The zero-order valence-corrected chi connectivity index (χ0v) is 13.5. The van der Waals surface area contributed by atoms with Crippen molar-refractivity contribution < 1.29 is 4.39 Å². The monoisotopic (exact) mass is 331 g/mol. The number of hydrogen-bond donors (Lipinski definition) is 1. The minimum absolute atomic E-state index is 0.226. The van der Waals surface area contributed by atoms with Gasteiger partial charge in [0.15, 0.2) is 5.11 Å². The van der Waals surface area contributed by atoms with E-state index in [9.17, 15) is 4.39 Å². The van der Waals surface area contributed by atoms with E-state index >= 15 is 0 Å². The number of rotatable bonds is 3. The molecule has 0 amide bonds. The molecule has 0 aliphatic carbocycles. The van der Waals surface area contributed by atoms with Crippen molar-refractivity contribution in [3.8, 4) is 0 Å². The molecule has 1 N–H and O–H groups in total. The Bertz CT molecular complexity index is 641. The normalized spacial score (nSPS) is 14.7. The third kappa shape index (κ3) is 4.13. The van der Waals surface area contributed by atoms with Gasteiger partial charge in [-0.3, -0.25) is 0 Å². The van der Waals surface area contributed by atoms with E-state index in [0.717, 1.165) is 42.8 Å². The average molecular weight is 331 g/mol. The molecule has 0 spiro atoms. The van der Waals surface area contributed by atoms with Crippen LogP contribution in [0.3, 0.4) is 0 Å². The molecule has 5 nitrogen and oxygen atoms in total. The van der Waals surface area contributed by atoms with E-state index in [0.29, 0.717) is 6.54 Å². The van der Waals surface area contributed by atoms with Crippen LogP contribution in [0.25, 0.3) is 0 Å². The quantitative estimate of drug-likeness (QED) is 0.866. The molecule has 1 fully saturated rings. The van der Waals surface area contributed by atoms with Gasteiger partial charge in [-0.1, -0.05) is 12.1 Å². The molecule has 1 aromatic carbocycles. The first kappa shape index (κ1) is 15.6. The maximum Gasteiger partial charge on any atom is 0.225 e. The Morgan fingerprint density at radius 1 is 1.09 bits per heavy atom. The fraction of sp³-hybridized carbons (Fsp3) is 0.312. The number of halogens is 1. The highest BCUT2D eigenvalue weighted by Gasteiger charge is 2.20. The van der Waals surface area contributed by atoms with Crippen molar-refractivity contribution in [2.45, 2.75) is 6.54 Å². The van der Waals surface area contributed by atoms with Crippen molar-refractivity contribution >= 4 is 23.3 Å². The summed E-state index contributed by atoms with van der Waals surface area (Å²) in [6.07, 6.45) is 3.51. The van der Waals surface area contributed by atoms with Gasteiger partial charge in [-0.15, -0.1) is 0 Å². The van der Waals surface area contributed by atoms with Gasteiger partial charge in [-0.2, -0.15) is 0 Å². The highest BCUT2D eigenvalue weighted by molar-refractivity contribution is 7.80. The molecule has 7 heteroatoms. The molecule has 2 heterocycles. The number of benzene rings is 1. The van der Waals surface area contributed by atoms with Gasteiger partial charge < -0.3 is 15.1 Å². The van der Waals surface area contributed by atoms with Gasteiger partial charge in [-0.05, 0) is 36.0 Å². The van der Waals surface area contributed by atoms with E-state index in [1.807, 2.05) is 6.07 Å². The first-order valence-corrected chi connectivity index (χ1v) is 7.92. The largest absolute Gasteiger partial charge is 0.358 e. The van der Waals surface area contributed by atoms with E-state index in [4.69, 9.17) is 12.2 Å². The number of nitrogens with zero attached hydrogens (tertiary/aromatic N) is 4. The summed E-state index contributed by atoms with van der Waals surface area (Å²) in [6, 6.07) is 8.25. The molecule has 0 unspecified atom stereocenters. The molecule has 1 aliphatic heterocycles. The van der Waals surface area contributed by atoms with E-state index in [1.165, 1.54) is 12.1 Å². The summed E-state index contributed by atoms with van der Waals surface area (Å²) in [4.78, 5) is 12.8. The van der Waals surface area contributed by atoms with Crippen LogP contribution in [0.4, 0.5) is 10.3 Å². The number of hydrogen-bond acceptors (Lipinski definition) is 4. The maximum absolute atomic E-state index is 12.9. The van der Waals surface area contributed by atoms with Crippen molar-refractivity contribution in [3.63, 3.8) is 0 Å². The Labute approximate surface area is 140 Å². The second-order valence-corrected chi connectivity index (χ2v) is 5.69. The molecular weight excluding hydrogens is 313 g/mol.